The van der Waals surface area contributed by atoms with Crippen LogP contribution in [0.1, 0.15) is 23.6 Å². The van der Waals surface area contributed by atoms with Crippen molar-refractivity contribution >= 4 is 22.6 Å². The molecule has 0 aromatic heterocycles. The first-order valence-electron chi connectivity index (χ1n) is 4.03. The number of nitriles is 1. The zero-order valence-electron chi connectivity index (χ0n) is 7.42. The number of halogens is 1. The van der Waals surface area contributed by atoms with E-state index in [-0.39, 0.29) is 6.04 Å². The molecule has 0 saturated carbocycles. The van der Waals surface area contributed by atoms with Crippen molar-refractivity contribution in [3.8, 4) is 6.07 Å². The van der Waals surface area contributed by atoms with Crippen molar-refractivity contribution in [3.63, 3.8) is 0 Å². The van der Waals surface area contributed by atoms with Crippen LogP contribution in [0.3, 0.4) is 0 Å². The van der Waals surface area contributed by atoms with Gasteiger partial charge in [-0.15, -0.1) is 0 Å². The molecule has 0 heterocycles. The molecule has 1 aromatic carbocycles. The standard InChI is InChI=1S/C10H11IN2/c1-7-2-3-8(11)6-9(7)10(13)4-5-12/h2-3,6,10H,4,13H2,1H3/t10-/m1/s1. The van der Waals surface area contributed by atoms with Crippen LogP contribution >= 0.6 is 22.6 Å². The quantitative estimate of drug-likeness (QED) is 0.849. The summed E-state index contributed by atoms with van der Waals surface area (Å²) in [4.78, 5) is 0. The van der Waals surface area contributed by atoms with Crippen LogP contribution in [0.25, 0.3) is 0 Å². The van der Waals surface area contributed by atoms with Gasteiger partial charge in [-0.1, -0.05) is 6.07 Å². The second kappa shape index (κ2) is 4.58. The summed E-state index contributed by atoms with van der Waals surface area (Å²) >= 11 is 2.25. The minimum absolute atomic E-state index is 0.153. The average molecular weight is 286 g/mol. The highest BCUT2D eigenvalue weighted by molar-refractivity contribution is 14.1. The number of nitrogens with zero attached hydrogens (tertiary/aromatic N) is 1. The lowest BCUT2D eigenvalue weighted by Crippen LogP contribution is -2.10. The van der Waals surface area contributed by atoms with Crippen LogP contribution in [0.2, 0.25) is 0 Å². The van der Waals surface area contributed by atoms with Gasteiger partial charge in [0.2, 0.25) is 0 Å². The lowest BCUT2D eigenvalue weighted by molar-refractivity contribution is 0.742. The Labute approximate surface area is 91.9 Å². The number of aryl methyl sites for hydroxylation is 1. The van der Waals surface area contributed by atoms with E-state index < -0.39 is 0 Å². The summed E-state index contributed by atoms with van der Waals surface area (Å²) in [6.07, 6.45) is 0.376. The highest BCUT2D eigenvalue weighted by atomic mass is 127. The Morgan fingerprint density at radius 1 is 1.62 bits per heavy atom. The van der Waals surface area contributed by atoms with Gasteiger partial charge in [-0.25, -0.2) is 0 Å². The van der Waals surface area contributed by atoms with Crippen LogP contribution in [0.15, 0.2) is 18.2 Å². The van der Waals surface area contributed by atoms with Crippen LogP contribution in [-0.4, -0.2) is 0 Å². The summed E-state index contributed by atoms with van der Waals surface area (Å²) in [5.74, 6) is 0. The Balaban J connectivity index is 3.00. The fourth-order valence-electron chi connectivity index (χ4n) is 1.22. The Morgan fingerprint density at radius 2 is 2.31 bits per heavy atom. The number of hydrogen-bond acceptors (Lipinski definition) is 2. The van der Waals surface area contributed by atoms with Crippen molar-refractivity contribution in [2.24, 2.45) is 5.73 Å². The van der Waals surface area contributed by atoms with Crippen LogP contribution in [0.5, 0.6) is 0 Å². The van der Waals surface area contributed by atoms with Gasteiger partial charge in [0.15, 0.2) is 0 Å². The maximum absolute atomic E-state index is 8.53. The molecule has 0 radical (unpaired) electrons. The molecule has 1 aromatic rings. The van der Waals surface area contributed by atoms with E-state index in [4.69, 9.17) is 11.0 Å². The first-order valence-corrected chi connectivity index (χ1v) is 5.11. The summed E-state index contributed by atoms with van der Waals surface area (Å²) in [6, 6.07) is 8.05. The van der Waals surface area contributed by atoms with Gasteiger partial charge < -0.3 is 5.73 Å². The maximum Gasteiger partial charge on any atom is 0.0641 e. The smallest absolute Gasteiger partial charge is 0.0641 e. The average Bonchev–Trinajstić information content (AvgIpc) is 2.09. The molecule has 13 heavy (non-hydrogen) atoms. The normalized spacial score (nSPS) is 12.2. The minimum atomic E-state index is -0.153. The highest BCUT2D eigenvalue weighted by Gasteiger charge is 2.08. The van der Waals surface area contributed by atoms with Gasteiger partial charge in [0.05, 0.1) is 12.5 Å². The van der Waals surface area contributed by atoms with Crippen molar-refractivity contribution in [2.45, 2.75) is 19.4 Å². The Bertz CT molecular complexity index is 341. The molecule has 2 nitrogen and oxygen atoms in total. The molecule has 2 N–H and O–H groups in total. The van der Waals surface area contributed by atoms with Gasteiger partial charge in [0.1, 0.15) is 0 Å². The first kappa shape index (κ1) is 10.5. The molecule has 0 aliphatic carbocycles. The number of hydrogen-bond donors (Lipinski definition) is 1. The van der Waals surface area contributed by atoms with E-state index in [9.17, 15) is 0 Å². The van der Waals surface area contributed by atoms with Crippen molar-refractivity contribution in [3.05, 3.63) is 32.9 Å². The van der Waals surface area contributed by atoms with Crippen molar-refractivity contribution < 1.29 is 0 Å². The van der Waals surface area contributed by atoms with E-state index in [1.54, 1.807) is 0 Å². The molecule has 0 bridgehead atoms. The molecule has 68 valence electrons. The molecule has 1 atom stereocenters. The molecular formula is C10H11IN2. The summed E-state index contributed by atoms with van der Waals surface area (Å²) in [5, 5.41) is 8.53. The predicted octanol–water partition coefficient (Wildman–Crippen LogP) is 2.51. The number of nitrogens with two attached hydrogens (primary N) is 1. The van der Waals surface area contributed by atoms with Crippen molar-refractivity contribution in [1.29, 1.82) is 5.26 Å². The zero-order chi connectivity index (χ0) is 9.84. The Hall–Kier alpha value is -0.600. The minimum Gasteiger partial charge on any atom is -0.323 e. The third-order valence-electron chi connectivity index (χ3n) is 1.95. The molecule has 0 spiro atoms. The predicted molar refractivity (Wildman–Crippen MR) is 61.1 cm³/mol. The van der Waals surface area contributed by atoms with E-state index >= 15 is 0 Å². The molecular weight excluding hydrogens is 275 g/mol. The summed E-state index contributed by atoms with van der Waals surface area (Å²) in [5.41, 5.74) is 8.08. The van der Waals surface area contributed by atoms with Crippen LogP contribution in [-0.2, 0) is 0 Å². The molecule has 3 heteroatoms. The molecule has 0 unspecified atom stereocenters. The van der Waals surface area contributed by atoms with Gasteiger partial charge in [-0.3, -0.25) is 0 Å². The summed E-state index contributed by atoms with van der Waals surface area (Å²) in [7, 11) is 0. The molecule has 0 aliphatic rings. The van der Waals surface area contributed by atoms with Crippen LogP contribution in [0, 0.1) is 21.8 Å². The van der Waals surface area contributed by atoms with Crippen LogP contribution in [0.4, 0.5) is 0 Å². The molecule has 1 rings (SSSR count). The lowest BCUT2D eigenvalue weighted by Gasteiger charge is -2.11. The summed E-state index contributed by atoms with van der Waals surface area (Å²) in [6.45, 7) is 2.02. The largest absolute Gasteiger partial charge is 0.323 e. The molecule has 0 aliphatic heterocycles. The Kier molecular flexibility index (Phi) is 3.70. The third kappa shape index (κ3) is 2.68. The van der Waals surface area contributed by atoms with Crippen molar-refractivity contribution in [2.75, 3.05) is 0 Å². The zero-order valence-corrected chi connectivity index (χ0v) is 9.58. The second-order valence-electron chi connectivity index (χ2n) is 2.97. The fourth-order valence-corrected chi connectivity index (χ4v) is 1.73. The highest BCUT2D eigenvalue weighted by Crippen LogP contribution is 2.20. The monoisotopic (exact) mass is 286 g/mol. The number of rotatable bonds is 2. The Morgan fingerprint density at radius 3 is 2.92 bits per heavy atom. The number of benzene rings is 1. The van der Waals surface area contributed by atoms with E-state index in [1.807, 2.05) is 25.1 Å². The van der Waals surface area contributed by atoms with Crippen LogP contribution < -0.4 is 5.73 Å². The topological polar surface area (TPSA) is 49.8 Å². The molecule has 0 saturated heterocycles. The van der Waals surface area contributed by atoms with Gasteiger partial charge in [-0.05, 0) is 52.8 Å². The first-order chi connectivity index (χ1) is 6.15. The van der Waals surface area contributed by atoms with Gasteiger partial charge in [-0.2, -0.15) is 5.26 Å². The van der Waals surface area contributed by atoms with Gasteiger partial charge >= 0.3 is 0 Å². The fraction of sp³-hybridized carbons (Fsp3) is 0.300. The molecule has 0 fully saturated rings. The van der Waals surface area contributed by atoms with E-state index in [1.165, 1.54) is 0 Å². The van der Waals surface area contributed by atoms with Crippen molar-refractivity contribution in [1.82, 2.24) is 0 Å². The molecule has 0 amide bonds. The van der Waals surface area contributed by atoms with Gasteiger partial charge in [0.25, 0.3) is 0 Å². The van der Waals surface area contributed by atoms with E-state index in [2.05, 4.69) is 28.7 Å². The van der Waals surface area contributed by atoms with E-state index in [0.717, 1.165) is 14.7 Å². The lowest BCUT2D eigenvalue weighted by atomic mass is 10.0. The second-order valence-corrected chi connectivity index (χ2v) is 4.22. The summed E-state index contributed by atoms with van der Waals surface area (Å²) < 4.78 is 1.16. The SMILES string of the molecule is Cc1ccc(I)cc1[C@H](N)CC#N. The third-order valence-corrected chi connectivity index (χ3v) is 2.62. The van der Waals surface area contributed by atoms with Gasteiger partial charge in [0, 0.05) is 9.61 Å². The van der Waals surface area contributed by atoms with E-state index in [0.29, 0.717) is 6.42 Å². The maximum atomic E-state index is 8.53.